The van der Waals surface area contributed by atoms with Crippen molar-refractivity contribution in [1.82, 2.24) is 0 Å². The lowest BCUT2D eigenvalue weighted by atomic mass is 10.0. The lowest BCUT2D eigenvalue weighted by Gasteiger charge is -2.13. The molecule has 0 saturated carbocycles. The van der Waals surface area contributed by atoms with Gasteiger partial charge in [0.15, 0.2) is 0 Å². The van der Waals surface area contributed by atoms with Crippen molar-refractivity contribution in [3.8, 4) is 5.75 Å². The van der Waals surface area contributed by atoms with Crippen molar-refractivity contribution in [2.45, 2.75) is 6.61 Å². The first-order chi connectivity index (χ1) is 11.1. The van der Waals surface area contributed by atoms with Crippen LogP contribution in [-0.4, -0.2) is 11.1 Å². The fraction of sp³-hybridized carbons (Fsp3) is 0.0556. The monoisotopic (exact) mass is 330 g/mol. The average Bonchev–Trinajstić information content (AvgIpc) is 2.53. The van der Waals surface area contributed by atoms with Gasteiger partial charge in [0.1, 0.15) is 23.7 Å². The maximum Gasteiger partial charge on any atom is 0.340 e. The number of carboxylic acids is 1. The third-order valence-corrected chi connectivity index (χ3v) is 3.89. The number of aromatic carboxylic acids is 1. The first kappa shape index (κ1) is 15.3. The zero-order chi connectivity index (χ0) is 16.4. The van der Waals surface area contributed by atoms with E-state index >= 15 is 0 Å². The lowest BCUT2D eigenvalue weighted by Crippen LogP contribution is -2.05. The molecule has 5 heteroatoms. The molecule has 0 radical (unpaired) electrons. The van der Waals surface area contributed by atoms with Crippen LogP contribution in [0.25, 0.3) is 10.8 Å². The van der Waals surface area contributed by atoms with E-state index in [2.05, 4.69) is 0 Å². The Morgan fingerprint density at radius 3 is 2.61 bits per heavy atom. The van der Waals surface area contributed by atoms with Gasteiger partial charge in [-0.1, -0.05) is 48.0 Å². The van der Waals surface area contributed by atoms with Crippen LogP contribution in [0.3, 0.4) is 0 Å². The molecule has 0 heterocycles. The van der Waals surface area contributed by atoms with E-state index in [9.17, 15) is 14.3 Å². The Morgan fingerprint density at radius 2 is 1.87 bits per heavy atom. The Morgan fingerprint density at radius 1 is 1.09 bits per heavy atom. The summed E-state index contributed by atoms with van der Waals surface area (Å²) in [6.45, 7) is -0.149. The summed E-state index contributed by atoms with van der Waals surface area (Å²) in [5, 5.41) is 11.1. The molecule has 0 aliphatic rings. The van der Waals surface area contributed by atoms with Crippen LogP contribution in [-0.2, 0) is 6.61 Å². The average molecular weight is 331 g/mol. The Labute approximate surface area is 136 Å². The maximum absolute atomic E-state index is 13.8. The van der Waals surface area contributed by atoms with Crippen molar-refractivity contribution in [1.29, 1.82) is 0 Å². The largest absolute Gasteiger partial charge is 0.488 e. The van der Waals surface area contributed by atoms with Crippen molar-refractivity contribution in [3.05, 3.63) is 76.6 Å². The maximum atomic E-state index is 13.8. The van der Waals surface area contributed by atoms with Gasteiger partial charge in [-0.15, -0.1) is 0 Å². The standard InChI is InChI=1S/C18H12ClFO3/c19-14-6-3-7-15(20)13(14)10-23-16-9-8-11-4-1-2-5-12(11)17(16)18(21)22/h1-9H,10H2,(H,21,22). The molecular weight excluding hydrogens is 319 g/mol. The molecule has 0 unspecified atom stereocenters. The smallest absolute Gasteiger partial charge is 0.340 e. The summed E-state index contributed by atoms with van der Waals surface area (Å²) in [5.74, 6) is -1.41. The lowest BCUT2D eigenvalue weighted by molar-refractivity contribution is 0.0694. The molecule has 3 nitrogen and oxygen atoms in total. The van der Waals surface area contributed by atoms with Crippen molar-refractivity contribution >= 4 is 28.3 Å². The van der Waals surface area contributed by atoms with Gasteiger partial charge in [-0.2, -0.15) is 0 Å². The van der Waals surface area contributed by atoms with Crippen molar-refractivity contribution in [3.63, 3.8) is 0 Å². The normalized spacial score (nSPS) is 10.7. The molecular formula is C18H12ClFO3. The van der Waals surface area contributed by atoms with Crippen LogP contribution in [0.2, 0.25) is 5.02 Å². The van der Waals surface area contributed by atoms with Crippen molar-refractivity contribution < 1.29 is 19.0 Å². The number of halogens is 2. The van der Waals surface area contributed by atoms with E-state index in [1.807, 2.05) is 12.1 Å². The molecule has 0 fully saturated rings. The first-order valence-corrected chi connectivity index (χ1v) is 7.26. The third kappa shape index (κ3) is 2.98. The van der Waals surface area contributed by atoms with Crippen LogP contribution in [0.5, 0.6) is 5.75 Å². The molecule has 3 aromatic rings. The van der Waals surface area contributed by atoms with Gasteiger partial charge < -0.3 is 9.84 Å². The van der Waals surface area contributed by atoms with Gasteiger partial charge in [0.2, 0.25) is 0 Å². The van der Waals surface area contributed by atoms with Gasteiger partial charge in [0.05, 0.1) is 5.02 Å². The summed E-state index contributed by atoms with van der Waals surface area (Å²) < 4.78 is 19.3. The minimum Gasteiger partial charge on any atom is -0.488 e. The SMILES string of the molecule is O=C(O)c1c(OCc2c(F)cccc2Cl)ccc2ccccc12. The van der Waals surface area contributed by atoms with Crippen molar-refractivity contribution in [2.75, 3.05) is 0 Å². The zero-order valence-electron chi connectivity index (χ0n) is 11.9. The van der Waals surface area contributed by atoms with Crippen LogP contribution in [0.1, 0.15) is 15.9 Å². The van der Waals surface area contributed by atoms with Crippen LogP contribution < -0.4 is 4.74 Å². The predicted molar refractivity (Wildman–Crippen MR) is 86.6 cm³/mol. The van der Waals surface area contributed by atoms with Crippen LogP contribution in [0.15, 0.2) is 54.6 Å². The number of ether oxygens (including phenoxy) is 1. The Balaban J connectivity index is 2.00. The van der Waals surface area contributed by atoms with Crippen molar-refractivity contribution in [2.24, 2.45) is 0 Å². The minimum absolute atomic E-state index is 0.0514. The Bertz CT molecular complexity index is 872. The summed E-state index contributed by atoms with van der Waals surface area (Å²) >= 11 is 5.96. The van der Waals surface area contributed by atoms with Gasteiger partial charge in [-0.25, -0.2) is 9.18 Å². The number of benzene rings is 3. The molecule has 0 aromatic heterocycles. The molecule has 116 valence electrons. The minimum atomic E-state index is -1.10. The molecule has 0 atom stereocenters. The number of carbonyl (C=O) groups is 1. The molecule has 0 spiro atoms. The highest BCUT2D eigenvalue weighted by Gasteiger charge is 2.17. The van der Waals surface area contributed by atoms with Gasteiger partial charge in [0.25, 0.3) is 0 Å². The summed E-state index contributed by atoms with van der Waals surface area (Å²) in [4.78, 5) is 11.6. The molecule has 0 aliphatic carbocycles. The van der Waals surface area contributed by atoms with Crippen LogP contribution >= 0.6 is 11.6 Å². The van der Waals surface area contributed by atoms with E-state index < -0.39 is 11.8 Å². The molecule has 0 aliphatic heterocycles. The van der Waals surface area contributed by atoms with E-state index in [4.69, 9.17) is 16.3 Å². The van der Waals surface area contributed by atoms with Gasteiger partial charge in [-0.3, -0.25) is 0 Å². The number of hydrogen-bond acceptors (Lipinski definition) is 2. The Kier molecular flexibility index (Phi) is 4.17. The number of hydrogen-bond donors (Lipinski definition) is 1. The fourth-order valence-electron chi connectivity index (χ4n) is 2.41. The highest BCUT2D eigenvalue weighted by Crippen LogP contribution is 2.29. The van der Waals surface area contributed by atoms with Gasteiger partial charge in [-0.05, 0) is 29.0 Å². The third-order valence-electron chi connectivity index (χ3n) is 3.54. The van der Waals surface area contributed by atoms with Crippen LogP contribution in [0, 0.1) is 5.82 Å². The summed E-state index contributed by atoms with van der Waals surface area (Å²) in [6.07, 6.45) is 0. The van der Waals surface area contributed by atoms with E-state index in [1.165, 1.54) is 12.1 Å². The quantitative estimate of drug-likeness (QED) is 0.739. The van der Waals surface area contributed by atoms with E-state index in [1.54, 1.807) is 30.3 Å². The summed E-state index contributed by atoms with van der Waals surface area (Å²) in [7, 11) is 0. The molecule has 0 saturated heterocycles. The second kappa shape index (κ2) is 6.26. The van der Waals surface area contributed by atoms with Crippen LogP contribution in [0.4, 0.5) is 4.39 Å². The second-order valence-corrected chi connectivity index (χ2v) is 5.36. The highest BCUT2D eigenvalue weighted by atomic mass is 35.5. The fourth-order valence-corrected chi connectivity index (χ4v) is 2.63. The number of carboxylic acid groups (broad SMARTS) is 1. The van der Waals surface area contributed by atoms with E-state index in [0.29, 0.717) is 5.39 Å². The Hall–Kier alpha value is -2.59. The number of fused-ring (bicyclic) bond motifs is 1. The van der Waals surface area contributed by atoms with Gasteiger partial charge >= 0.3 is 5.97 Å². The van der Waals surface area contributed by atoms with E-state index in [-0.39, 0.29) is 28.5 Å². The predicted octanol–water partition coefficient (Wildman–Crippen LogP) is 4.91. The first-order valence-electron chi connectivity index (χ1n) is 6.88. The summed E-state index contributed by atoms with van der Waals surface area (Å²) in [6, 6.07) is 14.8. The zero-order valence-corrected chi connectivity index (χ0v) is 12.7. The number of rotatable bonds is 4. The van der Waals surface area contributed by atoms with E-state index in [0.717, 1.165) is 5.39 Å². The topological polar surface area (TPSA) is 46.5 Å². The second-order valence-electron chi connectivity index (χ2n) is 4.95. The molecule has 23 heavy (non-hydrogen) atoms. The highest BCUT2D eigenvalue weighted by molar-refractivity contribution is 6.31. The summed E-state index contributed by atoms with van der Waals surface area (Å²) in [5.41, 5.74) is 0.245. The molecule has 0 bridgehead atoms. The molecule has 3 rings (SSSR count). The molecule has 1 N–H and O–H groups in total. The molecule has 0 amide bonds. The molecule has 3 aromatic carbocycles. The van der Waals surface area contributed by atoms with Gasteiger partial charge in [0, 0.05) is 5.56 Å².